The number of carbonyl (C=O) groups is 1. The first kappa shape index (κ1) is 9.84. The highest BCUT2D eigenvalue weighted by molar-refractivity contribution is 5.75. The van der Waals surface area contributed by atoms with Gasteiger partial charge in [0, 0.05) is 17.5 Å². The molecule has 0 N–H and O–H groups in total. The minimum absolute atomic E-state index is 0.0976. The summed E-state index contributed by atoms with van der Waals surface area (Å²) >= 11 is 0. The molecular weight excluding hydrogens is 174 g/mol. The zero-order chi connectivity index (χ0) is 9.90. The molecule has 0 radical (unpaired) electrons. The Morgan fingerprint density at radius 3 is 2.69 bits per heavy atom. The molecule has 1 rings (SSSR count). The lowest BCUT2D eigenvalue weighted by Gasteiger charge is -2.14. The summed E-state index contributed by atoms with van der Waals surface area (Å²) in [6, 6.07) is 5.51. The van der Waals surface area contributed by atoms with Gasteiger partial charge in [-0.15, -0.1) is 0 Å². The zero-order valence-electron chi connectivity index (χ0n) is 7.26. The van der Waals surface area contributed by atoms with E-state index in [4.69, 9.17) is 0 Å². The summed E-state index contributed by atoms with van der Waals surface area (Å²) < 4.78 is 26.2. The predicted molar refractivity (Wildman–Crippen MR) is 46.0 cm³/mol. The maximum absolute atomic E-state index is 13.1. The molecule has 1 aromatic rings. The molecule has 0 fully saturated rings. The summed E-state index contributed by atoms with van der Waals surface area (Å²) in [6.45, 7) is 1.41. The standard InChI is InChI=1S/C10H10F2O/c1-2-10(11,12)9-5-3-4-8(6-9)7-13/h3-7H,2H2,1H3. The Balaban J connectivity index is 3.08. The third-order valence-corrected chi connectivity index (χ3v) is 1.89. The Morgan fingerprint density at radius 2 is 2.15 bits per heavy atom. The van der Waals surface area contributed by atoms with Crippen LogP contribution in [0.25, 0.3) is 0 Å². The van der Waals surface area contributed by atoms with Gasteiger partial charge in [0.05, 0.1) is 0 Å². The lowest BCUT2D eigenvalue weighted by molar-refractivity contribution is -0.00830. The van der Waals surface area contributed by atoms with Crippen LogP contribution < -0.4 is 0 Å². The van der Waals surface area contributed by atoms with Crippen LogP contribution in [0, 0.1) is 0 Å². The number of alkyl halides is 2. The van der Waals surface area contributed by atoms with Gasteiger partial charge >= 0.3 is 0 Å². The van der Waals surface area contributed by atoms with Gasteiger partial charge in [-0.05, 0) is 6.07 Å². The predicted octanol–water partition coefficient (Wildman–Crippen LogP) is 3.00. The number of hydrogen-bond donors (Lipinski definition) is 0. The first-order valence-corrected chi connectivity index (χ1v) is 4.03. The summed E-state index contributed by atoms with van der Waals surface area (Å²) in [5.74, 6) is -2.83. The van der Waals surface area contributed by atoms with Gasteiger partial charge in [-0.2, -0.15) is 0 Å². The largest absolute Gasteiger partial charge is 0.298 e. The molecule has 1 aromatic carbocycles. The molecule has 0 saturated carbocycles. The van der Waals surface area contributed by atoms with Gasteiger partial charge in [0.2, 0.25) is 0 Å². The number of halogens is 2. The van der Waals surface area contributed by atoms with Crippen LogP contribution >= 0.6 is 0 Å². The van der Waals surface area contributed by atoms with Gasteiger partial charge in [-0.3, -0.25) is 4.79 Å². The first-order chi connectivity index (χ1) is 6.10. The maximum Gasteiger partial charge on any atom is 0.273 e. The summed E-state index contributed by atoms with van der Waals surface area (Å²) in [4.78, 5) is 10.3. The quantitative estimate of drug-likeness (QED) is 0.660. The van der Waals surface area contributed by atoms with Gasteiger partial charge in [-0.25, -0.2) is 8.78 Å². The summed E-state index contributed by atoms with van der Waals surface area (Å²) in [7, 11) is 0. The van der Waals surface area contributed by atoms with E-state index in [9.17, 15) is 13.6 Å². The fraction of sp³-hybridized carbons (Fsp3) is 0.300. The molecule has 70 valence electrons. The highest BCUT2D eigenvalue weighted by Crippen LogP contribution is 2.31. The summed E-state index contributed by atoms with van der Waals surface area (Å²) in [5.41, 5.74) is 0.185. The normalized spacial score (nSPS) is 11.3. The van der Waals surface area contributed by atoms with E-state index in [-0.39, 0.29) is 17.5 Å². The SMILES string of the molecule is CCC(F)(F)c1cccc(C=O)c1. The molecule has 3 heteroatoms. The van der Waals surface area contributed by atoms with Crippen molar-refractivity contribution in [3.05, 3.63) is 35.4 Å². The lowest BCUT2D eigenvalue weighted by Crippen LogP contribution is -2.11. The zero-order valence-corrected chi connectivity index (χ0v) is 7.26. The highest BCUT2D eigenvalue weighted by atomic mass is 19.3. The number of rotatable bonds is 3. The van der Waals surface area contributed by atoms with Crippen LogP contribution in [0.15, 0.2) is 24.3 Å². The Morgan fingerprint density at radius 1 is 1.46 bits per heavy atom. The number of aldehydes is 1. The molecule has 0 unspecified atom stereocenters. The second kappa shape index (κ2) is 3.64. The molecule has 0 aliphatic rings. The molecule has 1 nitrogen and oxygen atoms in total. The molecular formula is C10H10F2O. The van der Waals surface area contributed by atoms with Crippen molar-refractivity contribution in [2.75, 3.05) is 0 Å². The molecule has 0 atom stereocenters. The van der Waals surface area contributed by atoms with Crippen molar-refractivity contribution in [2.45, 2.75) is 19.3 Å². The second-order valence-corrected chi connectivity index (χ2v) is 2.80. The van der Waals surface area contributed by atoms with Crippen LogP contribution in [-0.4, -0.2) is 6.29 Å². The van der Waals surface area contributed by atoms with E-state index in [1.165, 1.54) is 31.2 Å². The second-order valence-electron chi connectivity index (χ2n) is 2.80. The Kier molecular flexibility index (Phi) is 2.76. The van der Waals surface area contributed by atoms with Gasteiger partial charge < -0.3 is 0 Å². The van der Waals surface area contributed by atoms with Gasteiger partial charge in [0.25, 0.3) is 5.92 Å². The smallest absolute Gasteiger partial charge is 0.273 e. The van der Waals surface area contributed by atoms with Crippen molar-refractivity contribution in [1.29, 1.82) is 0 Å². The van der Waals surface area contributed by atoms with Crippen molar-refractivity contribution in [1.82, 2.24) is 0 Å². The van der Waals surface area contributed by atoms with E-state index >= 15 is 0 Å². The molecule has 0 aliphatic heterocycles. The highest BCUT2D eigenvalue weighted by Gasteiger charge is 2.28. The first-order valence-electron chi connectivity index (χ1n) is 4.03. The third kappa shape index (κ3) is 2.11. The van der Waals surface area contributed by atoms with Crippen molar-refractivity contribution in [3.8, 4) is 0 Å². The van der Waals surface area contributed by atoms with E-state index in [1.54, 1.807) is 0 Å². The number of benzene rings is 1. The number of carbonyl (C=O) groups excluding carboxylic acids is 1. The Labute approximate surface area is 75.4 Å². The minimum atomic E-state index is -2.83. The van der Waals surface area contributed by atoms with Crippen LogP contribution in [0.3, 0.4) is 0 Å². The van der Waals surface area contributed by atoms with Crippen molar-refractivity contribution in [3.63, 3.8) is 0 Å². The van der Waals surface area contributed by atoms with Crippen LogP contribution in [-0.2, 0) is 5.92 Å². The molecule has 0 heterocycles. The molecule has 0 aromatic heterocycles. The van der Waals surface area contributed by atoms with E-state index in [0.717, 1.165) is 0 Å². The van der Waals surface area contributed by atoms with Crippen molar-refractivity contribution in [2.24, 2.45) is 0 Å². The molecule has 0 saturated heterocycles. The van der Waals surface area contributed by atoms with E-state index in [0.29, 0.717) is 6.29 Å². The molecule has 0 aliphatic carbocycles. The number of hydrogen-bond acceptors (Lipinski definition) is 1. The van der Waals surface area contributed by atoms with Gasteiger partial charge in [0.1, 0.15) is 6.29 Å². The monoisotopic (exact) mass is 184 g/mol. The Bertz CT molecular complexity index is 308. The average molecular weight is 184 g/mol. The molecule has 13 heavy (non-hydrogen) atoms. The average Bonchev–Trinajstić information content (AvgIpc) is 2.18. The van der Waals surface area contributed by atoms with Crippen LogP contribution in [0.4, 0.5) is 8.78 Å². The van der Waals surface area contributed by atoms with E-state index in [2.05, 4.69) is 0 Å². The topological polar surface area (TPSA) is 17.1 Å². The fourth-order valence-electron chi connectivity index (χ4n) is 1.04. The third-order valence-electron chi connectivity index (χ3n) is 1.89. The van der Waals surface area contributed by atoms with Crippen molar-refractivity contribution < 1.29 is 13.6 Å². The van der Waals surface area contributed by atoms with Crippen LogP contribution in [0.2, 0.25) is 0 Å². The Hall–Kier alpha value is -1.25. The van der Waals surface area contributed by atoms with Crippen LogP contribution in [0.1, 0.15) is 29.3 Å². The summed E-state index contributed by atoms with van der Waals surface area (Å²) in [5, 5.41) is 0. The molecule has 0 amide bonds. The lowest BCUT2D eigenvalue weighted by atomic mass is 10.0. The maximum atomic E-state index is 13.1. The minimum Gasteiger partial charge on any atom is -0.298 e. The fourth-order valence-corrected chi connectivity index (χ4v) is 1.04. The summed E-state index contributed by atoms with van der Waals surface area (Å²) in [6.07, 6.45) is 0.310. The van der Waals surface area contributed by atoms with Crippen molar-refractivity contribution >= 4 is 6.29 Å². The molecule has 0 spiro atoms. The van der Waals surface area contributed by atoms with Crippen LogP contribution in [0.5, 0.6) is 0 Å². The van der Waals surface area contributed by atoms with Gasteiger partial charge in [-0.1, -0.05) is 25.1 Å². The van der Waals surface area contributed by atoms with Gasteiger partial charge in [0.15, 0.2) is 0 Å². The molecule has 0 bridgehead atoms. The van der Waals surface area contributed by atoms with E-state index < -0.39 is 5.92 Å². The van der Waals surface area contributed by atoms with E-state index in [1.807, 2.05) is 0 Å².